The van der Waals surface area contributed by atoms with Gasteiger partial charge in [0.15, 0.2) is 0 Å². The van der Waals surface area contributed by atoms with E-state index < -0.39 is 0 Å². The van der Waals surface area contributed by atoms with Crippen molar-refractivity contribution >= 4 is 0 Å². The Kier molecular flexibility index (Phi) is 8.23. The lowest BCUT2D eigenvalue weighted by molar-refractivity contribution is 0.388. The van der Waals surface area contributed by atoms with E-state index in [1.54, 1.807) is 0 Å². The van der Waals surface area contributed by atoms with Gasteiger partial charge in [0.1, 0.15) is 0 Å². The topological polar surface area (TPSA) is 39.1 Å². The standard InChI is InChI=1S/C13H27N3/c1-13(2,12-14)8-7-10-15-9-5-6-11-16(3)4/h15H,5-11H2,1-4H3. The van der Waals surface area contributed by atoms with Crippen LogP contribution in [0.5, 0.6) is 0 Å². The second-order valence-corrected chi connectivity index (χ2v) is 5.36. The van der Waals surface area contributed by atoms with E-state index in [1.165, 1.54) is 19.4 Å². The molecule has 0 bridgehead atoms. The van der Waals surface area contributed by atoms with Crippen LogP contribution in [0.25, 0.3) is 0 Å². The fraction of sp³-hybridized carbons (Fsp3) is 0.923. The molecule has 0 aromatic heterocycles. The lowest BCUT2D eigenvalue weighted by Crippen LogP contribution is -2.20. The monoisotopic (exact) mass is 225 g/mol. The fourth-order valence-electron chi connectivity index (χ4n) is 1.51. The number of unbranched alkanes of at least 4 members (excludes halogenated alkanes) is 1. The molecular weight excluding hydrogens is 198 g/mol. The number of rotatable bonds is 9. The Hall–Kier alpha value is -0.590. The summed E-state index contributed by atoms with van der Waals surface area (Å²) in [7, 11) is 4.22. The van der Waals surface area contributed by atoms with E-state index in [-0.39, 0.29) is 5.41 Å². The van der Waals surface area contributed by atoms with Gasteiger partial charge in [0.25, 0.3) is 0 Å². The zero-order valence-corrected chi connectivity index (χ0v) is 11.3. The van der Waals surface area contributed by atoms with Crippen molar-refractivity contribution in [3.05, 3.63) is 0 Å². The number of nitrogens with one attached hydrogen (secondary N) is 1. The Morgan fingerprint density at radius 3 is 2.31 bits per heavy atom. The number of hydrogen-bond acceptors (Lipinski definition) is 3. The zero-order chi connectivity index (χ0) is 12.4. The molecular formula is C13H27N3. The van der Waals surface area contributed by atoms with Gasteiger partial charge in [-0.25, -0.2) is 0 Å². The molecule has 0 amide bonds. The second kappa shape index (κ2) is 8.55. The van der Waals surface area contributed by atoms with Gasteiger partial charge in [0.2, 0.25) is 0 Å². The van der Waals surface area contributed by atoms with E-state index in [4.69, 9.17) is 5.26 Å². The molecule has 3 heteroatoms. The third-order valence-corrected chi connectivity index (χ3v) is 2.67. The quantitative estimate of drug-likeness (QED) is 0.612. The molecule has 1 N–H and O–H groups in total. The summed E-state index contributed by atoms with van der Waals surface area (Å²) in [6.45, 7) is 7.31. The number of hydrogen-bond donors (Lipinski definition) is 1. The van der Waals surface area contributed by atoms with Crippen LogP contribution in [0.15, 0.2) is 0 Å². The average molecular weight is 225 g/mol. The Morgan fingerprint density at radius 1 is 1.12 bits per heavy atom. The minimum atomic E-state index is -0.160. The molecule has 0 rings (SSSR count). The largest absolute Gasteiger partial charge is 0.317 e. The molecule has 0 aliphatic heterocycles. The van der Waals surface area contributed by atoms with E-state index in [0.29, 0.717) is 0 Å². The maximum Gasteiger partial charge on any atom is 0.0683 e. The van der Waals surface area contributed by atoms with Gasteiger partial charge in [-0.3, -0.25) is 0 Å². The van der Waals surface area contributed by atoms with Crippen molar-refractivity contribution in [2.24, 2.45) is 5.41 Å². The Balaban J connectivity index is 3.20. The van der Waals surface area contributed by atoms with Crippen LogP contribution in [0.3, 0.4) is 0 Å². The molecule has 0 aliphatic rings. The molecule has 0 unspecified atom stereocenters. The highest BCUT2D eigenvalue weighted by Gasteiger charge is 2.14. The first-order valence-electron chi connectivity index (χ1n) is 6.24. The normalized spacial score (nSPS) is 11.8. The zero-order valence-electron chi connectivity index (χ0n) is 11.3. The molecule has 94 valence electrons. The van der Waals surface area contributed by atoms with Crippen LogP contribution < -0.4 is 5.32 Å². The SMILES string of the molecule is CN(C)CCCCNCCCC(C)(C)C#N. The van der Waals surface area contributed by atoms with Crippen molar-refractivity contribution in [2.45, 2.75) is 39.5 Å². The van der Waals surface area contributed by atoms with E-state index >= 15 is 0 Å². The van der Waals surface area contributed by atoms with Crippen LogP contribution in [0.1, 0.15) is 39.5 Å². The van der Waals surface area contributed by atoms with Gasteiger partial charge in [-0.1, -0.05) is 0 Å². The number of nitriles is 1. The Bertz CT molecular complexity index is 204. The molecule has 0 heterocycles. The van der Waals surface area contributed by atoms with Crippen molar-refractivity contribution in [1.29, 1.82) is 5.26 Å². The van der Waals surface area contributed by atoms with Gasteiger partial charge < -0.3 is 10.2 Å². The first-order valence-corrected chi connectivity index (χ1v) is 6.24. The van der Waals surface area contributed by atoms with Crippen LogP contribution in [0, 0.1) is 16.7 Å². The summed E-state index contributed by atoms with van der Waals surface area (Å²) < 4.78 is 0. The van der Waals surface area contributed by atoms with E-state index in [0.717, 1.165) is 25.9 Å². The molecule has 3 nitrogen and oxygen atoms in total. The van der Waals surface area contributed by atoms with Gasteiger partial charge in [0.05, 0.1) is 11.5 Å². The highest BCUT2D eigenvalue weighted by atomic mass is 15.0. The maximum atomic E-state index is 8.84. The second-order valence-electron chi connectivity index (χ2n) is 5.36. The highest BCUT2D eigenvalue weighted by molar-refractivity contribution is 4.91. The Labute approximate surface area is 101 Å². The lowest BCUT2D eigenvalue weighted by atomic mass is 9.90. The molecule has 0 aliphatic carbocycles. The first kappa shape index (κ1) is 15.4. The maximum absolute atomic E-state index is 8.84. The molecule has 0 fully saturated rings. The van der Waals surface area contributed by atoms with E-state index in [1.807, 2.05) is 13.8 Å². The molecule has 0 aromatic rings. The molecule has 0 spiro atoms. The summed E-state index contributed by atoms with van der Waals surface area (Å²) in [6, 6.07) is 2.33. The van der Waals surface area contributed by atoms with Crippen LogP contribution in [-0.2, 0) is 0 Å². The summed E-state index contributed by atoms with van der Waals surface area (Å²) in [5.74, 6) is 0. The van der Waals surface area contributed by atoms with Gasteiger partial charge in [0, 0.05) is 0 Å². The summed E-state index contributed by atoms with van der Waals surface area (Å²) in [5, 5.41) is 12.3. The molecule has 0 aromatic carbocycles. The summed E-state index contributed by atoms with van der Waals surface area (Å²) >= 11 is 0. The highest BCUT2D eigenvalue weighted by Crippen LogP contribution is 2.19. The van der Waals surface area contributed by atoms with Crippen LogP contribution in [-0.4, -0.2) is 38.6 Å². The summed E-state index contributed by atoms with van der Waals surface area (Å²) in [6.07, 6.45) is 4.56. The molecule has 0 saturated heterocycles. The molecule has 0 radical (unpaired) electrons. The predicted molar refractivity (Wildman–Crippen MR) is 69.3 cm³/mol. The van der Waals surface area contributed by atoms with Crippen molar-refractivity contribution in [1.82, 2.24) is 10.2 Å². The lowest BCUT2D eigenvalue weighted by Gasteiger charge is -2.14. The average Bonchev–Trinajstić information content (AvgIpc) is 2.21. The van der Waals surface area contributed by atoms with E-state index in [9.17, 15) is 0 Å². The van der Waals surface area contributed by atoms with Crippen molar-refractivity contribution in [2.75, 3.05) is 33.7 Å². The molecule has 0 saturated carbocycles. The van der Waals surface area contributed by atoms with Crippen molar-refractivity contribution in [3.8, 4) is 6.07 Å². The minimum Gasteiger partial charge on any atom is -0.317 e. The van der Waals surface area contributed by atoms with E-state index in [2.05, 4.69) is 30.4 Å². The summed E-state index contributed by atoms with van der Waals surface area (Å²) in [5.41, 5.74) is -0.160. The first-order chi connectivity index (χ1) is 7.48. The van der Waals surface area contributed by atoms with Crippen LogP contribution >= 0.6 is 0 Å². The molecule has 16 heavy (non-hydrogen) atoms. The fourth-order valence-corrected chi connectivity index (χ4v) is 1.51. The van der Waals surface area contributed by atoms with Crippen LogP contribution in [0.4, 0.5) is 0 Å². The third kappa shape index (κ3) is 9.95. The summed E-state index contributed by atoms with van der Waals surface area (Å²) in [4.78, 5) is 2.22. The van der Waals surface area contributed by atoms with Crippen molar-refractivity contribution < 1.29 is 0 Å². The number of nitrogens with zero attached hydrogens (tertiary/aromatic N) is 2. The smallest absolute Gasteiger partial charge is 0.0683 e. The van der Waals surface area contributed by atoms with Crippen LogP contribution in [0.2, 0.25) is 0 Å². The van der Waals surface area contributed by atoms with Gasteiger partial charge in [-0.05, 0) is 73.3 Å². The Morgan fingerprint density at radius 2 is 1.75 bits per heavy atom. The third-order valence-electron chi connectivity index (χ3n) is 2.67. The molecule has 0 atom stereocenters. The minimum absolute atomic E-state index is 0.160. The van der Waals surface area contributed by atoms with Gasteiger partial charge >= 0.3 is 0 Å². The predicted octanol–water partition coefficient (Wildman–Crippen LogP) is 2.25. The van der Waals surface area contributed by atoms with Gasteiger partial charge in [-0.2, -0.15) is 5.26 Å². The van der Waals surface area contributed by atoms with Gasteiger partial charge in [-0.15, -0.1) is 0 Å². The van der Waals surface area contributed by atoms with Crippen molar-refractivity contribution in [3.63, 3.8) is 0 Å².